The quantitative estimate of drug-likeness (QED) is 0.670. The van der Waals surface area contributed by atoms with Gasteiger partial charge in [0.2, 0.25) is 5.82 Å². The van der Waals surface area contributed by atoms with Crippen LogP contribution >= 0.6 is 0 Å². The molecule has 0 spiro atoms. The first kappa shape index (κ1) is 13.9. The van der Waals surface area contributed by atoms with Gasteiger partial charge < -0.3 is 5.32 Å². The van der Waals surface area contributed by atoms with E-state index in [4.69, 9.17) is 0 Å². The van der Waals surface area contributed by atoms with Gasteiger partial charge in [-0.15, -0.1) is 0 Å². The second kappa shape index (κ2) is 6.05. The lowest BCUT2D eigenvalue weighted by Crippen LogP contribution is -2.07. The fourth-order valence-corrected chi connectivity index (χ4v) is 1.77. The van der Waals surface area contributed by atoms with Crippen molar-refractivity contribution in [2.24, 2.45) is 0 Å². The van der Waals surface area contributed by atoms with Crippen LogP contribution in [0.4, 0.5) is 15.9 Å². The van der Waals surface area contributed by atoms with Crippen LogP contribution in [0.1, 0.15) is 13.3 Å². The number of hydrogen-bond donors (Lipinski definition) is 1. The highest BCUT2D eigenvalue weighted by molar-refractivity contribution is 5.76. The smallest absolute Gasteiger partial charge is 0.337 e. The second-order valence-electron chi connectivity index (χ2n) is 4.11. The molecule has 0 aliphatic heterocycles. The molecule has 0 fully saturated rings. The first-order valence-corrected chi connectivity index (χ1v) is 6.12. The van der Waals surface area contributed by atoms with Gasteiger partial charge in [0.15, 0.2) is 5.69 Å². The number of anilines is 1. The zero-order valence-corrected chi connectivity index (χ0v) is 10.8. The minimum absolute atomic E-state index is 0.100. The summed E-state index contributed by atoms with van der Waals surface area (Å²) in [6.45, 7) is 2.49. The summed E-state index contributed by atoms with van der Waals surface area (Å²) in [4.78, 5) is 18.5. The van der Waals surface area contributed by atoms with Gasteiger partial charge >= 0.3 is 5.69 Å². The van der Waals surface area contributed by atoms with Gasteiger partial charge in [-0.05, 0) is 18.6 Å². The molecule has 6 nitrogen and oxygen atoms in total. The molecule has 0 aliphatic rings. The molecular weight excluding hydrogens is 263 g/mol. The Balaban J connectivity index is 2.55. The highest BCUT2D eigenvalue weighted by atomic mass is 19.1. The van der Waals surface area contributed by atoms with E-state index in [1.807, 2.05) is 6.92 Å². The van der Waals surface area contributed by atoms with Crippen LogP contribution < -0.4 is 5.32 Å². The van der Waals surface area contributed by atoms with Crippen LogP contribution in [0.15, 0.2) is 30.6 Å². The number of nitrogens with one attached hydrogen (secondary N) is 1. The van der Waals surface area contributed by atoms with Crippen molar-refractivity contribution in [2.75, 3.05) is 11.9 Å². The Kier molecular flexibility index (Phi) is 4.19. The largest absolute Gasteiger partial charge is 0.364 e. The van der Waals surface area contributed by atoms with E-state index in [9.17, 15) is 14.5 Å². The molecule has 2 rings (SSSR count). The maximum absolute atomic E-state index is 13.3. The van der Waals surface area contributed by atoms with Gasteiger partial charge in [0.1, 0.15) is 12.1 Å². The van der Waals surface area contributed by atoms with Crippen molar-refractivity contribution in [1.29, 1.82) is 0 Å². The Morgan fingerprint density at radius 2 is 2.20 bits per heavy atom. The van der Waals surface area contributed by atoms with E-state index < -0.39 is 10.7 Å². The number of aromatic nitrogens is 2. The van der Waals surface area contributed by atoms with Crippen LogP contribution in [0.2, 0.25) is 0 Å². The molecule has 1 heterocycles. The molecule has 7 heteroatoms. The van der Waals surface area contributed by atoms with E-state index in [0.717, 1.165) is 6.42 Å². The molecule has 0 radical (unpaired) electrons. The summed E-state index contributed by atoms with van der Waals surface area (Å²) in [7, 11) is 0. The highest BCUT2D eigenvalue weighted by Crippen LogP contribution is 2.32. The predicted octanol–water partition coefficient (Wildman–Crippen LogP) is 3.01. The van der Waals surface area contributed by atoms with Gasteiger partial charge in [0, 0.05) is 12.1 Å². The average Bonchev–Trinajstić information content (AvgIpc) is 2.44. The third-order valence-electron chi connectivity index (χ3n) is 2.65. The van der Waals surface area contributed by atoms with Crippen LogP contribution in [-0.2, 0) is 0 Å². The number of benzene rings is 1. The molecular formula is C13H13FN4O2. The molecule has 0 saturated carbocycles. The number of nitro groups is 1. The van der Waals surface area contributed by atoms with Crippen molar-refractivity contribution in [3.8, 4) is 11.3 Å². The highest BCUT2D eigenvalue weighted by Gasteiger charge is 2.23. The maximum atomic E-state index is 13.3. The zero-order chi connectivity index (χ0) is 14.5. The summed E-state index contributed by atoms with van der Waals surface area (Å²) in [6, 6.07) is 5.53. The molecule has 1 N–H and O–H groups in total. The molecule has 0 saturated heterocycles. The number of rotatable bonds is 5. The third-order valence-corrected chi connectivity index (χ3v) is 2.65. The first-order valence-electron chi connectivity index (χ1n) is 6.12. The molecule has 0 amide bonds. The molecule has 2 aromatic rings. The molecule has 20 heavy (non-hydrogen) atoms. The first-order chi connectivity index (χ1) is 9.63. The van der Waals surface area contributed by atoms with E-state index in [0.29, 0.717) is 12.1 Å². The molecule has 104 valence electrons. The van der Waals surface area contributed by atoms with Crippen LogP contribution in [0.5, 0.6) is 0 Å². The monoisotopic (exact) mass is 276 g/mol. The maximum Gasteiger partial charge on any atom is 0.337 e. The summed E-state index contributed by atoms with van der Waals surface area (Å²) in [5.41, 5.74) is 0.202. The van der Waals surface area contributed by atoms with E-state index in [2.05, 4.69) is 15.3 Å². The zero-order valence-electron chi connectivity index (χ0n) is 10.8. The van der Waals surface area contributed by atoms with Gasteiger partial charge in [-0.1, -0.05) is 19.1 Å². The Bertz CT molecular complexity index is 634. The average molecular weight is 276 g/mol. The Morgan fingerprint density at radius 3 is 2.85 bits per heavy atom. The van der Waals surface area contributed by atoms with Gasteiger partial charge in [0.25, 0.3) is 0 Å². The van der Waals surface area contributed by atoms with Crippen molar-refractivity contribution < 1.29 is 9.31 Å². The number of halogens is 1. The van der Waals surface area contributed by atoms with Crippen LogP contribution in [-0.4, -0.2) is 21.4 Å². The molecule has 0 bridgehead atoms. The summed E-state index contributed by atoms with van der Waals surface area (Å²) in [5, 5.41) is 14.1. The fraction of sp³-hybridized carbons (Fsp3) is 0.231. The molecule has 1 aromatic carbocycles. The van der Waals surface area contributed by atoms with Crippen LogP contribution in [0, 0.1) is 15.9 Å². The minimum Gasteiger partial charge on any atom is -0.364 e. The number of hydrogen-bond acceptors (Lipinski definition) is 5. The van der Waals surface area contributed by atoms with Crippen molar-refractivity contribution in [3.05, 3.63) is 46.5 Å². The topological polar surface area (TPSA) is 81.0 Å². The number of nitrogens with zero attached hydrogens (tertiary/aromatic N) is 3. The summed E-state index contributed by atoms with van der Waals surface area (Å²) >= 11 is 0. The standard InChI is InChI=1S/C13H13FN4O2/c1-2-6-15-13-12(18(19)20)11(16-8-17-13)9-4-3-5-10(14)7-9/h3-5,7-8H,2,6H2,1H3,(H,15,16,17). The molecule has 0 unspecified atom stereocenters. The Hall–Kier alpha value is -2.57. The van der Waals surface area contributed by atoms with E-state index >= 15 is 0 Å². The summed E-state index contributed by atoms with van der Waals surface area (Å²) in [5.74, 6) is -0.329. The second-order valence-corrected chi connectivity index (χ2v) is 4.11. The Labute approximate surface area is 114 Å². The predicted molar refractivity (Wildman–Crippen MR) is 72.9 cm³/mol. The summed E-state index contributed by atoms with van der Waals surface area (Å²) in [6.07, 6.45) is 2.03. The van der Waals surface area contributed by atoms with Gasteiger partial charge in [-0.2, -0.15) is 0 Å². The lowest BCUT2D eigenvalue weighted by Gasteiger charge is -2.07. The van der Waals surface area contributed by atoms with E-state index in [1.54, 1.807) is 6.07 Å². The van der Waals surface area contributed by atoms with E-state index in [1.165, 1.54) is 24.5 Å². The summed E-state index contributed by atoms with van der Waals surface area (Å²) < 4.78 is 13.3. The van der Waals surface area contributed by atoms with Crippen molar-refractivity contribution in [2.45, 2.75) is 13.3 Å². The molecule has 0 atom stereocenters. The normalized spacial score (nSPS) is 10.3. The van der Waals surface area contributed by atoms with Crippen molar-refractivity contribution in [3.63, 3.8) is 0 Å². The minimum atomic E-state index is -0.557. The van der Waals surface area contributed by atoms with E-state index in [-0.39, 0.29) is 17.2 Å². The lowest BCUT2D eigenvalue weighted by molar-refractivity contribution is -0.383. The van der Waals surface area contributed by atoms with Crippen LogP contribution in [0.25, 0.3) is 11.3 Å². The van der Waals surface area contributed by atoms with Gasteiger partial charge in [-0.25, -0.2) is 14.4 Å². The van der Waals surface area contributed by atoms with Crippen LogP contribution in [0.3, 0.4) is 0 Å². The SMILES string of the molecule is CCCNc1ncnc(-c2cccc(F)c2)c1[N+](=O)[O-]. The van der Waals surface area contributed by atoms with Crippen molar-refractivity contribution >= 4 is 11.5 Å². The third kappa shape index (κ3) is 2.87. The van der Waals surface area contributed by atoms with Gasteiger partial charge in [-0.3, -0.25) is 10.1 Å². The lowest BCUT2D eigenvalue weighted by atomic mass is 10.1. The van der Waals surface area contributed by atoms with Gasteiger partial charge in [0.05, 0.1) is 4.92 Å². The fourth-order valence-electron chi connectivity index (χ4n) is 1.77. The Morgan fingerprint density at radius 1 is 1.40 bits per heavy atom. The molecule has 1 aromatic heterocycles. The molecule has 0 aliphatic carbocycles. The van der Waals surface area contributed by atoms with Crippen molar-refractivity contribution in [1.82, 2.24) is 9.97 Å².